The molecule has 0 bridgehead atoms. The number of amides is 2. The van der Waals surface area contributed by atoms with Gasteiger partial charge in [0.25, 0.3) is 5.91 Å². The van der Waals surface area contributed by atoms with Crippen LogP contribution in [0.5, 0.6) is 5.75 Å². The number of hydrogen-bond donors (Lipinski definition) is 2. The minimum Gasteiger partial charge on any atom is -0.435 e. The van der Waals surface area contributed by atoms with E-state index >= 15 is 0 Å². The van der Waals surface area contributed by atoms with Crippen molar-refractivity contribution in [1.82, 2.24) is 29.7 Å². The van der Waals surface area contributed by atoms with E-state index in [9.17, 15) is 26.8 Å². The Hall–Kier alpha value is -4.40. The molecule has 4 heterocycles. The first-order valence-corrected chi connectivity index (χ1v) is 12.9. The van der Waals surface area contributed by atoms with Gasteiger partial charge in [0.15, 0.2) is 15.5 Å². The van der Waals surface area contributed by atoms with Gasteiger partial charge in [0, 0.05) is 44.4 Å². The highest BCUT2D eigenvalue weighted by molar-refractivity contribution is 7.92. The lowest BCUT2D eigenvalue weighted by atomic mass is 10.1. The van der Waals surface area contributed by atoms with Crippen LogP contribution in [0.4, 0.5) is 14.5 Å². The number of nitrogens with one attached hydrogen (secondary N) is 2. The van der Waals surface area contributed by atoms with E-state index in [1.807, 2.05) is 0 Å². The third-order valence-electron chi connectivity index (χ3n) is 6.17. The first-order valence-electron chi connectivity index (χ1n) is 11.3. The Balaban J connectivity index is 1.41. The van der Waals surface area contributed by atoms with Crippen LogP contribution in [-0.4, -0.2) is 74.9 Å². The molecule has 38 heavy (non-hydrogen) atoms. The second-order valence-electron chi connectivity index (χ2n) is 8.58. The average Bonchev–Trinajstić information content (AvgIpc) is 3.45. The lowest BCUT2D eigenvalue weighted by molar-refractivity contribution is -0.131. The summed E-state index contributed by atoms with van der Waals surface area (Å²) in [6.07, 6.45) is 5.73. The van der Waals surface area contributed by atoms with Crippen LogP contribution in [-0.2, 0) is 21.1 Å². The molecule has 1 fully saturated rings. The number of fused-ring (bicyclic) bond motifs is 1. The summed E-state index contributed by atoms with van der Waals surface area (Å²) in [6, 6.07) is 5.27. The van der Waals surface area contributed by atoms with Gasteiger partial charge in [-0.25, -0.2) is 17.9 Å². The van der Waals surface area contributed by atoms with Crippen molar-refractivity contribution in [3.8, 4) is 5.75 Å². The van der Waals surface area contributed by atoms with Crippen molar-refractivity contribution in [1.29, 1.82) is 0 Å². The molecule has 1 saturated heterocycles. The molecule has 15 heteroatoms. The van der Waals surface area contributed by atoms with Crippen LogP contribution in [0.1, 0.15) is 28.5 Å². The smallest absolute Gasteiger partial charge is 0.387 e. The van der Waals surface area contributed by atoms with Crippen LogP contribution in [0.3, 0.4) is 0 Å². The van der Waals surface area contributed by atoms with Gasteiger partial charge in [0.1, 0.15) is 16.6 Å². The van der Waals surface area contributed by atoms with Crippen molar-refractivity contribution in [2.45, 2.75) is 30.1 Å². The summed E-state index contributed by atoms with van der Waals surface area (Å²) >= 11 is 0. The maximum absolute atomic E-state index is 13.1. The highest BCUT2D eigenvalue weighted by atomic mass is 32.2. The van der Waals surface area contributed by atoms with Crippen molar-refractivity contribution in [3.05, 3.63) is 65.9 Å². The number of carbonyl (C=O) groups excluding carboxylic acids is 2. The van der Waals surface area contributed by atoms with E-state index in [2.05, 4.69) is 30.3 Å². The van der Waals surface area contributed by atoms with Gasteiger partial charge < -0.3 is 15.0 Å². The number of rotatable bonds is 8. The summed E-state index contributed by atoms with van der Waals surface area (Å²) in [5.74, 6) is -0.982. The average molecular weight is 546 g/mol. The molecule has 198 valence electrons. The SMILES string of the molecule is CC(=O)N1CC(S(=O)(=O)c2ccc(OC(F)F)c(Cc3[nH]ncc3NC(=O)c3cnn4cccnc34)c2)C1. The fourth-order valence-electron chi connectivity index (χ4n) is 4.09. The van der Waals surface area contributed by atoms with Gasteiger partial charge in [0.05, 0.1) is 28.7 Å². The quantitative estimate of drug-likeness (QED) is 0.341. The number of benzene rings is 1. The number of nitrogens with zero attached hydrogens (tertiary/aromatic N) is 5. The first kappa shape index (κ1) is 25.3. The molecule has 3 aromatic heterocycles. The van der Waals surface area contributed by atoms with Crippen LogP contribution >= 0.6 is 0 Å². The molecule has 0 unspecified atom stereocenters. The van der Waals surface area contributed by atoms with Crippen LogP contribution in [0.2, 0.25) is 0 Å². The van der Waals surface area contributed by atoms with Gasteiger partial charge in [-0.2, -0.15) is 19.0 Å². The summed E-state index contributed by atoms with van der Waals surface area (Å²) in [5, 5.41) is 12.6. The van der Waals surface area contributed by atoms with Crippen LogP contribution in [0, 0.1) is 0 Å². The highest BCUT2D eigenvalue weighted by Gasteiger charge is 2.39. The molecular weight excluding hydrogens is 524 g/mol. The van der Waals surface area contributed by atoms with Gasteiger partial charge in [-0.15, -0.1) is 0 Å². The number of alkyl halides is 2. The third-order valence-corrected chi connectivity index (χ3v) is 8.25. The molecule has 0 saturated carbocycles. The zero-order valence-corrected chi connectivity index (χ0v) is 20.7. The predicted molar refractivity (Wildman–Crippen MR) is 129 cm³/mol. The Labute approximate surface area is 214 Å². The summed E-state index contributed by atoms with van der Waals surface area (Å²) in [6.45, 7) is -1.69. The minimum atomic E-state index is -3.84. The molecule has 4 aromatic rings. The van der Waals surface area contributed by atoms with Crippen molar-refractivity contribution in [2.24, 2.45) is 0 Å². The molecule has 0 radical (unpaired) electrons. The number of carbonyl (C=O) groups is 2. The maximum Gasteiger partial charge on any atom is 0.387 e. The number of H-pyrrole nitrogens is 1. The van der Waals surface area contributed by atoms with Crippen molar-refractivity contribution in [2.75, 3.05) is 18.4 Å². The number of sulfone groups is 1. The van der Waals surface area contributed by atoms with Gasteiger partial charge >= 0.3 is 6.61 Å². The Morgan fingerprint density at radius 3 is 2.79 bits per heavy atom. The Morgan fingerprint density at radius 1 is 1.26 bits per heavy atom. The lowest BCUT2D eigenvalue weighted by Crippen LogP contribution is -2.56. The molecule has 1 aliphatic rings. The molecule has 1 aliphatic heterocycles. The number of aromatic nitrogens is 5. The number of aromatic amines is 1. The third kappa shape index (κ3) is 4.79. The molecule has 12 nitrogen and oxygen atoms in total. The first-order chi connectivity index (χ1) is 18.1. The normalized spacial score (nSPS) is 14.1. The molecule has 1 aromatic carbocycles. The van der Waals surface area contributed by atoms with Crippen LogP contribution < -0.4 is 10.1 Å². The topological polar surface area (TPSA) is 152 Å². The number of anilines is 1. The Morgan fingerprint density at radius 2 is 2.05 bits per heavy atom. The van der Waals surface area contributed by atoms with E-state index in [1.54, 1.807) is 12.3 Å². The van der Waals surface area contributed by atoms with Gasteiger partial charge in [-0.05, 0) is 24.3 Å². The Kier molecular flexibility index (Phi) is 6.52. The fourth-order valence-corrected chi connectivity index (χ4v) is 5.79. The highest BCUT2D eigenvalue weighted by Crippen LogP contribution is 2.31. The monoisotopic (exact) mass is 545 g/mol. The summed E-state index contributed by atoms with van der Waals surface area (Å²) in [7, 11) is -3.84. The number of hydrogen-bond acceptors (Lipinski definition) is 8. The molecular formula is C23H21F2N7O5S. The molecule has 0 spiro atoms. The van der Waals surface area contributed by atoms with Gasteiger partial charge in [0.2, 0.25) is 5.91 Å². The summed E-state index contributed by atoms with van der Waals surface area (Å²) in [5.41, 5.74) is 1.24. The number of likely N-dealkylation sites (tertiary alicyclic amines) is 1. The van der Waals surface area contributed by atoms with Gasteiger partial charge in [-0.3, -0.25) is 14.7 Å². The predicted octanol–water partition coefficient (Wildman–Crippen LogP) is 1.90. The van der Waals surface area contributed by atoms with E-state index in [1.165, 1.54) is 47.1 Å². The molecule has 0 aliphatic carbocycles. The van der Waals surface area contributed by atoms with E-state index in [0.29, 0.717) is 11.3 Å². The second kappa shape index (κ2) is 9.81. The maximum atomic E-state index is 13.1. The number of ether oxygens (including phenoxy) is 1. The van der Waals surface area contributed by atoms with E-state index in [4.69, 9.17) is 0 Å². The van der Waals surface area contributed by atoms with Crippen LogP contribution in [0.15, 0.2) is 53.9 Å². The molecule has 0 atom stereocenters. The zero-order valence-electron chi connectivity index (χ0n) is 19.8. The second-order valence-corrected chi connectivity index (χ2v) is 10.8. The van der Waals surface area contributed by atoms with Gasteiger partial charge in [-0.1, -0.05) is 0 Å². The summed E-state index contributed by atoms with van der Waals surface area (Å²) < 4.78 is 58.4. The summed E-state index contributed by atoms with van der Waals surface area (Å²) in [4.78, 5) is 29.8. The molecule has 2 N–H and O–H groups in total. The largest absolute Gasteiger partial charge is 0.435 e. The van der Waals surface area contributed by atoms with E-state index in [-0.39, 0.29) is 52.9 Å². The molecule has 5 rings (SSSR count). The van der Waals surface area contributed by atoms with Crippen molar-refractivity contribution in [3.63, 3.8) is 0 Å². The van der Waals surface area contributed by atoms with E-state index < -0.39 is 27.6 Å². The number of halogens is 2. The standard InChI is InChI=1S/C23H21F2N7O5S/c1-13(33)31-11-16(12-31)38(35,36)15-3-4-20(37-23(24)25)14(7-15)8-18-19(10-27-30-18)29-22(34)17-9-28-32-6-2-5-26-21(17)32/h2-7,9-10,16,23H,8,11-12H2,1H3,(H,27,30)(H,29,34). The van der Waals surface area contributed by atoms with E-state index in [0.717, 1.165) is 6.07 Å². The van der Waals surface area contributed by atoms with Crippen molar-refractivity contribution < 1.29 is 31.5 Å². The Bertz CT molecular complexity index is 1630. The fraction of sp³-hybridized carbons (Fsp3) is 0.261. The zero-order chi connectivity index (χ0) is 27.0. The minimum absolute atomic E-state index is 0.0530. The van der Waals surface area contributed by atoms with Crippen LogP contribution in [0.25, 0.3) is 5.65 Å². The lowest BCUT2D eigenvalue weighted by Gasteiger charge is -2.38. The van der Waals surface area contributed by atoms with Crippen molar-refractivity contribution >= 4 is 33.0 Å². The molecule has 2 amide bonds.